The fraction of sp³-hybridized carbons (Fsp3) is 0.619. The molecule has 2 amide bonds. The van der Waals surface area contributed by atoms with Gasteiger partial charge in [-0.15, -0.1) is 0 Å². The fourth-order valence-electron chi connectivity index (χ4n) is 5.29. The topological polar surface area (TPSA) is 75.4 Å². The average Bonchev–Trinajstić information content (AvgIpc) is 2.83. The van der Waals surface area contributed by atoms with E-state index in [1.165, 1.54) is 6.42 Å². The maximum absolute atomic E-state index is 13.5. The molecule has 2 saturated carbocycles. The highest BCUT2D eigenvalue weighted by molar-refractivity contribution is 5.82. The lowest BCUT2D eigenvalue weighted by Crippen LogP contribution is -2.50. The van der Waals surface area contributed by atoms with Crippen LogP contribution in [0, 0.1) is 17.8 Å². The third-order valence-electron chi connectivity index (χ3n) is 6.66. The number of nitrogens with two attached hydrogens (primary N) is 1. The van der Waals surface area contributed by atoms with Gasteiger partial charge in [-0.3, -0.25) is 9.59 Å². The highest BCUT2D eigenvalue weighted by atomic mass is 16.2. The van der Waals surface area contributed by atoms with Crippen LogP contribution in [0.15, 0.2) is 30.3 Å². The molecule has 1 aliphatic heterocycles. The summed E-state index contributed by atoms with van der Waals surface area (Å²) in [6.07, 6.45) is 5.73. The first kappa shape index (κ1) is 17.5. The maximum atomic E-state index is 13.5. The molecule has 2 aliphatic carbocycles. The Morgan fingerprint density at radius 2 is 1.81 bits per heavy atom. The largest absolute Gasteiger partial charge is 0.354 e. The SMILES string of the molecule is NC1C2CCCC1CC(C(=O)N1CCNC(=O)CC1c1ccccc1)C2. The number of carbonyl (C=O) groups is 2. The summed E-state index contributed by atoms with van der Waals surface area (Å²) >= 11 is 0. The normalized spacial score (nSPS) is 34.7. The molecule has 1 saturated heterocycles. The third kappa shape index (κ3) is 3.37. The van der Waals surface area contributed by atoms with Crippen molar-refractivity contribution in [2.75, 3.05) is 13.1 Å². The zero-order valence-corrected chi connectivity index (χ0v) is 15.3. The predicted molar refractivity (Wildman–Crippen MR) is 100 cm³/mol. The van der Waals surface area contributed by atoms with Gasteiger partial charge in [-0.25, -0.2) is 0 Å². The number of hydrogen-bond acceptors (Lipinski definition) is 3. The summed E-state index contributed by atoms with van der Waals surface area (Å²) < 4.78 is 0. The van der Waals surface area contributed by atoms with Crippen molar-refractivity contribution in [2.45, 2.75) is 50.6 Å². The molecule has 0 aromatic heterocycles. The highest BCUT2D eigenvalue weighted by Crippen LogP contribution is 2.43. The lowest BCUT2D eigenvalue weighted by molar-refractivity contribution is -0.141. The molecule has 140 valence electrons. The van der Waals surface area contributed by atoms with Gasteiger partial charge in [0.05, 0.1) is 12.5 Å². The van der Waals surface area contributed by atoms with E-state index in [2.05, 4.69) is 5.32 Å². The van der Waals surface area contributed by atoms with Crippen LogP contribution in [0.2, 0.25) is 0 Å². The van der Waals surface area contributed by atoms with Crippen molar-refractivity contribution in [2.24, 2.45) is 23.5 Å². The molecule has 3 fully saturated rings. The minimum Gasteiger partial charge on any atom is -0.354 e. The number of nitrogens with zero attached hydrogens (tertiary/aromatic N) is 1. The van der Waals surface area contributed by atoms with Gasteiger partial charge in [0, 0.05) is 25.0 Å². The van der Waals surface area contributed by atoms with Gasteiger partial charge >= 0.3 is 0 Å². The highest BCUT2D eigenvalue weighted by Gasteiger charge is 2.43. The molecule has 3 N–H and O–H groups in total. The second kappa shape index (κ2) is 7.39. The lowest BCUT2D eigenvalue weighted by Gasteiger charge is -2.45. The van der Waals surface area contributed by atoms with Gasteiger partial charge in [-0.05, 0) is 43.1 Å². The second-order valence-electron chi connectivity index (χ2n) is 8.21. The second-order valence-corrected chi connectivity index (χ2v) is 8.21. The van der Waals surface area contributed by atoms with Crippen molar-refractivity contribution in [1.82, 2.24) is 10.2 Å². The van der Waals surface area contributed by atoms with Crippen LogP contribution in [0.25, 0.3) is 0 Å². The van der Waals surface area contributed by atoms with E-state index in [1.54, 1.807) is 0 Å². The molecule has 4 rings (SSSR count). The molecule has 5 nitrogen and oxygen atoms in total. The molecule has 0 radical (unpaired) electrons. The van der Waals surface area contributed by atoms with Crippen LogP contribution >= 0.6 is 0 Å². The Bertz CT molecular complexity index is 648. The molecule has 0 spiro atoms. The van der Waals surface area contributed by atoms with Crippen LogP contribution in [-0.4, -0.2) is 35.8 Å². The van der Waals surface area contributed by atoms with Gasteiger partial charge in [0.15, 0.2) is 0 Å². The van der Waals surface area contributed by atoms with Gasteiger partial charge < -0.3 is 16.0 Å². The Balaban J connectivity index is 1.57. The van der Waals surface area contributed by atoms with Crippen molar-refractivity contribution in [1.29, 1.82) is 0 Å². The van der Waals surface area contributed by atoms with Gasteiger partial charge in [0.1, 0.15) is 0 Å². The Labute approximate surface area is 155 Å². The zero-order valence-electron chi connectivity index (χ0n) is 15.3. The fourth-order valence-corrected chi connectivity index (χ4v) is 5.29. The van der Waals surface area contributed by atoms with Crippen molar-refractivity contribution in [3.05, 3.63) is 35.9 Å². The van der Waals surface area contributed by atoms with E-state index >= 15 is 0 Å². The van der Waals surface area contributed by atoms with E-state index < -0.39 is 0 Å². The maximum Gasteiger partial charge on any atom is 0.226 e. The van der Waals surface area contributed by atoms with Crippen LogP contribution < -0.4 is 11.1 Å². The third-order valence-corrected chi connectivity index (χ3v) is 6.66. The van der Waals surface area contributed by atoms with E-state index in [0.717, 1.165) is 31.2 Å². The summed E-state index contributed by atoms with van der Waals surface area (Å²) in [4.78, 5) is 27.6. The van der Waals surface area contributed by atoms with Crippen molar-refractivity contribution >= 4 is 11.8 Å². The zero-order chi connectivity index (χ0) is 18.1. The molecule has 3 unspecified atom stereocenters. The van der Waals surface area contributed by atoms with Gasteiger partial charge in [-0.2, -0.15) is 0 Å². The van der Waals surface area contributed by atoms with E-state index in [9.17, 15) is 9.59 Å². The Kier molecular flexibility index (Phi) is 4.98. The summed E-state index contributed by atoms with van der Waals surface area (Å²) in [5.74, 6) is 1.28. The molecule has 1 aromatic carbocycles. The first-order valence-corrected chi connectivity index (χ1v) is 10.0. The Hall–Kier alpha value is -1.88. The number of benzene rings is 1. The first-order chi connectivity index (χ1) is 12.6. The van der Waals surface area contributed by atoms with Crippen molar-refractivity contribution in [3.8, 4) is 0 Å². The summed E-state index contributed by atoms with van der Waals surface area (Å²) in [7, 11) is 0. The number of fused-ring (bicyclic) bond motifs is 2. The molecule has 3 aliphatic rings. The summed E-state index contributed by atoms with van der Waals surface area (Å²) in [6.45, 7) is 1.12. The van der Waals surface area contributed by atoms with E-state index in [-0.39, 0.29) is 29.8 Å². The molecular weight excluding hydrogens is 326 g/mol. The summed E-state index contributed by atoms with van der Waals surface area (Å²) in [6, 6.07) is 10.1. The van der Waals surface area contributed by atoms with Gasteiger partial charge in [-0.1, -0.05) is 36.8 Å². The summed E-state index contributed by atoms with van der Waals surface area (Å²) in [5, 5.41) is 2.93. The van der Waals surface area contributed by atoms with Crippen LogP contribution in [0.1, 0.15) is 50.1 Å². The van der Waals surface area contributed by atoms with Crippen LogP contribution in [0.5, 0.6) is 0 Å². The van der Waals surface area contributed by atoms with Crippen molar-refractivity contribution < 1.29 is 9.59 Å². The minimum absolute atomic E-state index is 0.0247. The van der Waals surface area contributed by atoms with Gasteiger partial charge in [0.2, 0.25) is 11.8 Å². The van der Waals surface area contributed by atoms with Crippen molar-refractivity contribution in [3.63, 3.8) is 0 Å². The minimum atomic E-state index is -0.165. The molecule has 3 atom stereocenters. The average molecular weight is 355 g/mol. The molecule has 1 heterocycles. The molecular formula is C21H29N3O2. The number of nitrogens with one attached hydrogen (secondary N) is 1. The monoisotopic (exact) mass is 355 g/mol. The number of carbonyl (C=O) groups excluding carboxylic acids is 2. The smallest absolute Gasteiger partial charge is 0.226 e. The van der Waals surface area contributed by atoms with Gasteiger partial charge in [0.25, 0.3) is 0 Å². The van der Waals surface area contributed by atoms with E-state index in [0.29, 0.717) is 31.3 Å². The standard InChI is InChI=1S/C21H29N3O2/c22-20-15-7-4-8-16(20)12-17(11-15)21(26)24-10-9-23-19(25)13-18(24)14-5-2-1-3-6-14/h1-3,5-6,15-18,20H,4,7-13,22H2,(H,23,25). The van der Waals surface area contributed by atoms with E-state index in [4.69, 9.17) is 5.73 Å². The van der Waals surface area contributed by atoms with Crippen LogP contribution in [0.3, 0.4) is 0 Å². The number of amides is 2. The Morgan fingerprint density at radius 1 is 1.12 bits per heavy atom. The number of hydrogen-bond donors (Lipinski definition) is 2. The van der Waals surface area contributed by atoms with Crippen LogP contribution in [-0.2, 0) is 9.59 Å². The quantitative estimate of drug-likeness (QED) is 0.854. The Morgan fingerprint density at radius 3 is 2.50 bits per heavy atom. The van der Waals surface area contributed by atoms with E-state index in [1.807, 2.05) is 35.2 Å². The summed E-state index contributed by atoms with van der Waals surface area (Å²) in [5.41, 5.74) is 7.45. The van der Waals surface area contributed by atoms with Crippen LogP contribution in [0.4, 0.5) is 0 Å². The lowest BCUT2D eigenvalue weighted by atomic mass is 9.65. The predicted octanol–water partition coefficient (Wildman–Crippen LogP) is 2.23. The first-order valence-electron chi connectivity index (χ1n) is 10.0. The molecule has 2 bridgehead atoms. The molecule has 5 heteroatoms. The molecule has 26 heavy (non-hydrogen) atoms. The number of rotatable bonds is 2. The molecule has 1 aromatic rings.